The van der Waals surface area contributed by atoms with Gasteiger partial charge in [-0.2, -0.15) is 0 Å². The topological polar surface area (TPSA) is 66.0 Å². The normalized spacial score (nSPS) is 11.2. The Hall–Kier alpha value is -3.23. The number of halogens is 3. The number of nitrogens with zero attached hydrogens (tertiary/aromatic N) is 2. The molecule has 0 radical (unpaired) electrons. The van der Waals surface area contributed by atoms with Crippen LogP contribution in [0.15, 0.2) is 41.4 Å². The van der Waals surface area contributed by atoms with E-state index in [-0.39, 0.29) is 6.54 Å². The third-order valence-corrected chi connectivity index (χ3v) is 3.98. The molecule has 1 amide bonds. The van der Waals surface area contributed by atoms with Crippen LogP contribution in [0.5, 0.6) is 5.75 Å². The lowest BCUT2D eigenvalue weighted by molar-refractivity contribution is -0.114. The number of guanidine groups is 1. The second-order valence-electron chi connectivity index (χ2n) is 6.11. The van der Waals surface area contributed by atoms with E-state index in [0.717, 1.165) is 23.4 Å². The van der Waals surface area contributed by atoms with Gasteiger partial charge in [-0.3, -0.25) is 4.79 Å². The van der Waals surface area contributed by atoms with Crippen molar-refractivity contribution in [3.05, 3.63) is 59.4 Å². The summed E-state index contributed by atoms with van der Waals surface area (Å²) in [7, 11) is 3.38. The molecule has 6 nitrogen and oxygen atoms in total. The Balaban J connectivity index is 2.07. The van der Waals surface area contributed by atoms with E-state index in [1.54, 1.807) is 19.1 Å². The summed E-state index contributed by atoms with van der Waals surface area (Å²) in [6.07, 6.45) is 0. The fourth-order valence-corrected chi connectivity index (χ4v) is 2.59. The van der Waals surface area contributed by atoms with E-state index >= 15 is 0 Å². The van der Waals surface area contributed by atoms with Gasteiger partial charge in [-0.1, -0.05) is 18.2 Å². The lowest BCUT2D eigenvalue weighted by atomic mass is 10.2. The summed E-state index contributed by atoms with van der Waals surface area (Å²) in [4.78, 5) is 18.1. The van der Waals surface area contributed by atoms with E-state index < -0.39 is 29.0 Å². The van der Waals surface area contributed by atoms with Gasteiger partial charge in [0.15, 0.2) is 23.4 Å². The van der Waals surface area contributed by atoms with Crippen LogP contribution < -0.4 is 15.4 Å². The van der Waals surface area contributed by atoms with Gasteiger partial charge in [-0.05, 0) is 25.1 Å². The van der Waals surface area contributed by atoms with Crippen LogP contribution in [0.3, 0.4) is 0 Å². The number of ether oxygens (including phenoxy) is 1. The molecular formula is C20H23F3N4O2. The highest BCUT2D eigenvalue weighted by atomic mass is 19.2. The zero-order valence-electron chi connectivity index (χ0n) is 16.4. The minimum absolute atomic E-state index is 0.336. The first kappa shape index (κ1) is 22.1. The summed E-state index contributed by atoms with van der Waals surface area (Å²) in [6.45, 7) is 2.57. The highest BCUT2D eigenvalue weighted by Crippen LogP contribution is 2.20. The number of carbonyl (C=O) groups excluding carboxylic acids is 1. The molecule has 0 aliphatic heterocycles. The Morgan fingerprint density at radius 2 is 1.86 bits per heavy atom. The van der Waals surface area contributed by atoms with E-state index in [9.17, 15) is 18.0 Å². The molecule has 2 N–H and O–H groups in total. The molecule has 0 fully saturated rings. The molecule has 2 aromatic rings. The smallest absolute Gasteiger partial charge is 0.246 e. The molecule has 0 atom stereocenters. The number of methoxy groups -OCH3 is 1. The number of para-hydroxylation sites is 1. The highest BCUT2D eigenvalue weighted by Gasteiger charge is 2.16. The first-order valence-corrected chi connectivity index (χ1v) is 8.92. The molecule has 0 saturated heterocycles. The number of hydrogen-bond donors (Lipinski definition) is 2. The largest absolute Gasteiger partial charge is 0.496 e. The quantitative estimate of drug-likeness (QED) is 0.420. The van der Waals surface area contributed by atoms with Gasteiger partial charge >= 0.3 is 0 Å². The molecule has 0 aliphatic carbocycles. The summed E-state index contributed by atoms with van der Waals surface area (Å²) in [5.74, 6) is -3.93. The minimum atomic E-state index is -1.64. The Kier molecular flexibility index (Phi) is 7.88. The summed E-state index contributed by atoms with van der Waals surface area (Å²) in [5.41, 5.74) is 0.480. The maximum absolute atomic E-state index is 13.7. The summed E-state index contributed by atoms with van der Waals surface area (Å²) >= 11 is 0. The second-order valence-corrected chi connectivity index (χ2v) is 6.11. The Morgan fingerprint density at radius 3 is 2.55 bits per heavy atom. The van der Waals surface area contributed by atoms with Crippen molar-refractivity contribution in [1.29, 1.82) is 0 Å². The van der Waals surface area contributed by atoms with Crippen LogP contribution in [0.4, 0.5) is 18.9 Å². The highest BCUT2D eigenvalue weighted by molar-refractivity contribution is 5.94. The van der Waals surface area contributed by atoms with Crippen LogP contribution in [-0.2, 0) is 11.3 Å². The van der Waals surface area contributed by atoms with Gasteiger partial charge in [0, 0.05) is 25.7 Å². The molecule has 0 bridgehead atoms. The molecule has 0 aliphatic rings. The molecule has 0 spiro atoms. The van der Waals surface area contributed by atoms with Gasteiger partial charge in [0.2, 0.25) is 5.91 Å². The van der Waals surface area contributed by atoms with Gasteiger partial charge in [0.1, 0.15) is 12.3 Å². The molecule has 156 valence electrons. The predicted molar refractivity (Wildman–Crippen MR) is 105 cm³/mol. The molecule has 9 heteroatoms. The Labute approximate surface area is 167 Å². The van der Waals surface area contributed by atoms with Crippen LogP contribution in [-0.4, -0.2) is 44.0 Å². The number of benzene rings is 2. The summed E-state index contributed by atoms with van der Waals surface area (Å²) < 4.78 is 45.3. The number of aliphatic imine (C=N–C) groups is 1. The first-order valence-electron chi connectivity index (χ1n) is 8.92. The number of carbonyl (C=O) groups is 1. The van der Waals surface area contributed by atoms with Gasteiger partial charge in [-0.25, -0.2) is 18.2 Å². The Bertz CT molecular complexity index is 890. The average molecular weight is 408 g/mol. The maximum Gasteiger partial charge on any atom is 0.246 e. The van der Waals surface area contributed by atoms with Crippen LogP contribution in [0.1, 0.15) is 12.5 Å². The first-order chi connectivity index (χ1) is 13.9. The predicted octanol–water partition coefficient (Wildman–Crippen LogP) is 3.15. The van der Waals surface area contributed by atoms with Crippen molar-refractivity contribution in [1.82, 2.24) is 10.2 Å². The number of amides is 1. The SMILES string of the molecule is CCNC(=NCC(=O)Nc1ccc(F)c(F)c1F)N(C)Cc1ccccc1OC. The van der Waals surface area contributed by atoms with Crippen LogP contribution >= 0.6 is 0 Å². The fourth-order valence-electron chi connectivity index (χ4n) is 2.59. The van der Waals surface area contributed by atoms with Gasteiger partial charge < -0.3 is 20.3 Å². The van der Waals surface area contributed by atoms with Crippen LogP contribution in [0.2, 0.25) is 0 Å². The zero-order valence-corrected chi connectivity index (χ0v) is 16.4. The Morgan fingerprint density at radius 1 is 1.14 bits per heavy atom. The van der Waals surface area contributed by atoms with Crippen molar-refractivity contribution in [2.75, 3.05) is 32.6 Å². The number of hydrogen-bond acceptors (Lipinski definition) is 3. The molecule has 0 heterocycles. The molecule has 29 heavy (non-hydrogen) atoms. The van der Waals surface area contributed by atoms with Gasteiger partial charge in [0.25, 0.3) is 0 Å². The third-order valence-electron chi connectivity index (χ3n) is 3.98. The number of rotatable bonds is 7. The van der Waals surface area contributed by atoms with E-state index in [1.165, 1.54) is 0 Å². The second kappa shape index (κ2) is 10.4. The molecule has 0 unspecified atom stereocenters. The monoisotopic (exact) mass is 408 g/mol. The van der Waals surface area contributed by atoms with Crippen molar-refractivity contribution in [2.45, 2.75) is 13.5 Å². The number of nitrogens with one attached hydrogen (secondary N) is 2. The molecule has 0 aromatic heterocycles. The van der Waals surface area contributed by atoms with Crippen LogP contribution in [0, 0.1) is 17.5 Å². The van der Waals surface area contributed by atoms with Crippen molar-refractivity contribution in [3.8, 4) is 5.75 Å². The lowest BCUT2D eigenvalue weighted by Gasteiger charge is -2.23. The average Bonchev–Trinajstić information content (AvgIpc) is 2.71. The van der Waals surface area contributed by atoms with Crippen LogP contribution in [0.25, 0.3) is 0 Å². The zero-order chi connectivity index (χ0) is 21.4. The standard InChI is InChI=1S/C20H23F3N4O2/c1-4-24-20(27(2)12-13-7-5-6-8-16(13)29-3)25-11-17(28)26-15-10-9-14(21)18(22)19(15)23/h5-10H,4,11-12H2,1-3H3,(H,24,25)(H,26,28). The molecule has 2 aromatic carbocycles. The van der Waals surface area contributed by atoms with E-state index in [1.807, 2.05) is 31.2 Å². The van der Waals surface area contributed by atoms with Gasteiger partial charge in [0.05, 0.1) is 12.8 Å². The van der Waals surface area contributed by atoms with Crippen molar-refractivity contribution in [2.24, 2.45) is 4.99 Å². The summed E-state index contributed by atoms with van der Waals surface area (Å²) in [5, 5.41) is 5.25. The van der Waals surface area contributed by atoms with Crippen molar-refractivity contribution in [3.63, 3.8) is 0 Å². The third kappa shape index (κ3) is 5.87. The minimum Gasteiger partial charge on any atom is -0.496 e. The number of anilines is 1. The molecule has 2 rings (SSSR count). The molecule has 0 saturated carbocycles. The summed E-state index contributed by atoms with van der Waals surface area (Å²) in [6, 6.07) is 9.20. The molecular weight excluding hydrogens is 385 g/mol. The van der Waals surface area contributed by atoms with Gasteiger partial charge in [-0.15, -0.1) is 0 Å². The fraction of sp³-hybridized carbons (Fsp3) is 0.300. The lowest BCUT2D eigenvalue weighted by Crippen LogP contribution is -2.39. The van der Waals surface area contributed by atoms with E-state index in [2.05, 4.69) is 15.6 Å². The maximum atomic E-state index is 13.7. The van der Waals surface area contributed by atoms with Crippen molar-refractivity contribution >= 4 is 17.6 Å². The van der Waals surface area contributed by atoms with E-state index in [4.69, 9.17) is 4.74 Å². The van der Waals surface area contributed by atoms with E-state index in [0.29, 0.717) is 19.0 Å². The van der Waals surface area contributed by atoms with Crippen molar-refractivity contribution < 1.29 is 22.7 Å².